The predicted octanol–water partition coefficient (Wildman–Crippen LogP) is 5.04. The minimum atomic E-state index is -0.334. The van der Waals surface area contributed by atoms with E-state index in [-0.39, 0.29) is 11.8 Å². The van der Waals surface area contributed by atoms with Crippen molar-refractivity contribution in [3.63, 3.8) is 0 Å². The van der Waals surface area contributed by atoms with E-state index in [0.29, 0.717) is 23.8 Å². The average molecular weight is 434 g/mol. The molecule has 1 aliphatic heterocycles. The third-order valence-electron chi connectivity index (χ3n) is 5.03. The Labute approximate surface area is 185 Å². The number of hydrogen-bond acceptors (Lipinski definition) is 6. The molecule has 1 N–H and O–H groups in total. The van der Waals surface area contributed by atoms with Gasteiger partial charge in [0.15, 0.2) is 11.5 Å². The second-order valence-corrected chi connectivity index (χ2v) is 8.12. The van der Waals surface area contributed by atoms with Gasteiger partial charge in [-0.15, -0.1) is 11.3 Å². The Morgan fingerprint density at radius 2 is 1.74 bits per heavy atom. The van der Waals surface area contributed by atoms with Crippen LogP contribution in [0.1, 0.15) is 23.3 Å². The SMILES string of the molecule is COc1ccc([C@@H]2C(C)=Nc3ccccc3N=C2NC(=O)Cc2cccs2)cc1OC. The maximum Gasteiger partial charge on any atom is 0.230 e. The van der Waals surface area contributed by atoms with Crippen molar-refractivity contribution in [1.82, 2.24) is 5.32 Å². The van der Waals surface area contributed by atoms with E-state index in [2.05, 4.69) is 5.32 Å². The van der Waals surface area contributed by atoms with Crippen molar-refractivity contribution in [3.05, 3.63) is 70.4 Å². The first kappa shape index (κ1) is 20.8. The van der Waals surface area contributed by atoms with Crippen LogP contribution in [0.4, 0.5) is 11.4 Å². The molecular weight excluding hydrogens is 410 g/mol. The Kier molecular flexibility index (Phi) is 6.13. The van der Waals surface area contributed by atoms with E-state index in [1.54, 1.807) is 25.6 Å². The van der Waals surface area contributed by atoms with Crippen molar-refractivity contribution in [2.24, 2.45) is 9.98 Å². The Bertz CT molecular complexity index is 1150. The van der Waals surface area contributed by atoms with Gasteiger partial charge in [0.05, 0.1) is 37.9 Å². The first-order chi connectivity index (χ1) is 15.1. The molecule has 0 bridgehead atoms. The highest BCUT2D eigenvalue weighted by Gasteiger charge is 2.27. The minimum absolute atomic E-state index is 0.112. The third-order valence-corrected chi connectivity index (χ3v) is 5.91. The highest BCUT2D eigenvalue weighted by Crippen LogP contribution is 2.36. The van der Waals surface area contributed by atoms with E-state index >= 15 is 0 Å². The molecule has 0 spiro atoms. The zero-order valence-electron chi connectivity index (χ0n) is 17.6. The summed E-state index contributed by atoms with van der Waals surface area (Å²) >= 11 is 1.56. The summed E-state index contributed by atoms with van der Waals surface area (Å²) in [6.45, 7) is 1.95. The summed E-state index contributed by atoms with van der Waals surface area (Å²) in [4.78, 5) is 23.5. The van der Waals surface area contributed by atoms with E-state index < -0.39 is 0 Å². The summed E-state index contributed by atoms with van der Waals surface area (Å²) in [6, 6.07) is 17.2. The van der Waals surface area contributed by atoms with Crippen LogP contribution in [-0.2, 0) is 11.2 Å². The Hall–Kier alpha value is -3.45. The summed E-state index contributed by atoms with van der Waals surface area (Å²) in [5, 5.41) is 5.01. The van der Waals surface area contributed by atoms with Crippen LogP contribution >= 0.6 is 11.3 Å². The van der Waals surface area contributed by atoms with Crippen LogP contribution in [-0.4, -0.2) is 31.7 Å². The number of amides is 1. The molecule has 4 rings (SSSR count). The number of thiophene rings is 1. The van der Waals surface area contributed by atoms with Crippen molar-refractivity contribution in [3.8, 4) is 11.5 Å². The Morgan fingerprint density at radius 1 is 1.00 bits per heavy atom. The molecule has 7 heteroatoms. The first-order valence-corrected chi connectivity index (χ1v) is 10.7. The van der Waals surface area contributed by atoms with Gasteiger partial charge >= 0.3 is 0 Å². The molecule has 0 radical (unpaired) electrons. The van der Waals surface area contributed by atoms with Gasteiger partial charge in [0.25, 0.3) is 0 Å². The number of benzene rings is 2. The predicted molar refractivity (Wildman–Crippen MR) is 125 cm³/mol. The monoisotopic (exact) mass is 433 g/mol. The van der Waals surface area contributed by atoms with Crippen molar-refractivity contribution >= 4 is 40.2 Å². The number of ether oxygens (including phenoxy) is 2. The molecule has 0 unspecified atom stereocenters. The summed E-state index contributed by atoms with van der Waals surface area (Å²) < 4.78 is 10.9. The molecule has 3 aromatic rings. The van der Waals surface area contributed by atoms with Gasteiger partial charge in [-0.25, -0.2) is 4.99 Å². The third kappa shape index (κ3) is 4.51. The molecule has 0 saturated carbocycles. The normalized spacial score (nSPS) is 15.3. The van der Waals surface area contributed by atoms with Gasteiger partial charge in [-0.1, -0.05) is 24.3 Å². The zero-order chi connectivity index (χ0) is 21.8. The molecule has 0 saturated heterocycles. The summed E-state index contributed by atoms with van der Waals surface area (Å²) in [7, 11) is 3.20. The number of para-hydroxylation sites is 2. The van der Waals surface area contributed by atoms with Gasteiger partial charge in [-0.05, 0) is 48.2 Å². The number of rotatable bonds is 5. The number of hydrogen-bond donors (Lipinski definition) is 1. The number of carbonyl (C=O) groups is 1. The summed E-state index contributed by atoms with van der Waals surface area (Å²) in [6.07, 6.45) is 0.299. The number of nitrogens with zero attached hydrogens (tertiary/aromatic N) is 2. The molecular formula is C24H23N3O3S. The maximum atomic E-state index is 12.8. The standard InChI is InChI=1S/C24H23N3O3S/c1-15-23(16-10-11-20(29-2)21(13-16)30-3)24(26-19-9-5-4-8-18(19)25-15)27-22(28)14-17-7-6-12-31-17/h4-13,23H,14H2,1-3H3,(H,26,27,28)/t23-/m0/s1. The van der Waals surface area contributed by atoms with Crippen LogP contribution in [0.5, 0.6) is 11.5 Å². The second kappa shape index (κ2) is 9.14. The quantitative estimate of drug-likeness (QED) is 0.612. The largest absolute Gasteiger partial charge is 0.493 e. The van der Waals surface area contributed by atoms with Gasteiger partial charge in [0.2, 0.25) is 5.91 Å². The van der Waals surface area contributed by atoms with Crippen LogP contribution < -0.4 is 14.8 Å². The number of amidine groups is 1. The number of carbonyl (C=O) groups excluding carboxylic acids is 1. The van der Waals surface area contributed by atoms with E-state index in [4.69, 9.17) is 19.5 Å². The van der Waals surface area contributed by atoms with Crippen molar-refractivity contribution in [2.45, 2.75) is 19.3 Å². The smallest absolute Gasteiger partial charge is 0.230 e. The molecule has 0 fully saturated rings. The van der Waals surface area contributed by atoms with Crippen LogP contribution in [0.3, 0.4) is 0 Å². The fourth-order valence-electron chi connectivity index (χ4n) is 3.59. The van der Waals surface area contributed by atoms with Crippen LogP contribution in [0, 0.1) is 0 Å². The molecule has 1 atom stereocenters. The highest BCUT2D eigenvalue weighted by atomic mass is 32.1. The topological polar surface area (TPSA) is 72.3 Å². The molecule has 158 valence electrons. The molecule has 6 nitrogen and oxygen atoms in total. The van der Waals surface area contributed by atoms with Crippen molar-refractivity contribution in [2.75, 3.05) is 14.2 Å². The average Bonchev–Trinajstić information content (AvgIpc) is 3.22. The lowest BCUT2D eigenvalue weighted by molar-refractivity contribution is -0.119. The number of methoxy groups -OCH3 is 2. The fraction of sp³-hybridized carbons (Fsp3) is 0.208. The van der Waals surface area contributed by atoms with Gasteiger partial charge in [-0.3, -0.25) is 9.79 Å². The fourth-order valence-corrected chi connectivity index (χ4v) is 4.29. The molecule has 1 aromatic heterocycles. The number of fused-ring (bicyclic) bond motifs is 1. The van der Waals surface area contributed by atoms with Crippen LogP contribution in [0.2, 0.25) is 0 Å². The Morgan fingerprint density at radius 3 is 2.42 bits per heavy atom. The number of aliphatic imine (C=N–C) groups is 2. The van der Waals surface area contributed by atoms with Crippen molar-refractivity contribution < 1.29 is 14.3 Å². The second-order valence-electron chi connectivity index (χ2n) is 7.09. The molecule has 0 aliphatic carbocycles. The lowest BCUT2D eigenvalue weighted by Crippen LogP contribution is -2.37. The Balaban J connectivity index is 1.76. The molecule has 2 heterocycles. The molecule has 31 heavy (non-hydrogen) atoms. The maximum absolute atomic E-state index is 12.8. The minimum Gasteiger partial charge on any atom is -0.493 e. The van der Waals surface area contributed by atoms with E-state index in [9.17, 15) is 4.79 Å². The zero-order valence-corrected chi connectivity index (χ0v) is 18.4. The van der Waals surface area contributed by atoms with E-state index in [1.807, 2.05) is 66.9 Å². The lowest BCUT2D eigenvalue weighted by atomic mass is 9.92. The number of nitrogens with one attached hydrogen (secondary N) is 1. The first-order valence-electron chi connectivity index (χ1n) is 9.86. The highest BCUT2D eigenvalue weighted by molar-refractivity contribution is 7.10. The molecule has 2 aromatic carbocycles. The van der Waals surface area contributed by atoms with Gasteiger partial charge < -0.3 is 14.8 Å². The van der Waals surface area contributed by atoms with Gasteiger partial charge in [0, 0.05) is 10.6 Å². The molecule has 1 amide bonds. The summed E-state index contributed by atoms with van der Waals surface area (Å²) in [5.41, 5.74) is 3.22. The van der Waals surface area contributed by atoms with E-state index in [1.165, 1.54) is 0 Å². The van der Waals surface area contributed by atoms with Gasteiger partial charge in [-0.2, -0.15) is 0 Å². The van der Waals surface area contributed by atoms with Crippen LogP contribution in [0.25, 0.3) is 0 Å². The molecule has 1 aliphatic rings. The summed E-state index contributed by atoms with van der Waals surface area (Å²) in [5.74, 6) is 1.34. The van der Waals surface area contributed by atoms with Crippen molar-refractivity contribution in [1.29, 1.82) is 0 Å². The van der Waals surface area contributed by atoms with Crippen LogP contribution in [0.15, 0.2) is 70.0 Å². The van der Waals surface area contributed by atoms with E-state index in [0.717, 1.165) is 27.5 Å². The lowest BCUT2D eigenvalue weighted by Gasteiger charge is -2.20. The van der Waals surface area contributed by atoms with Gasteiger partial charge in [0.1, 0.15) is 5.84 Å².